The number of sulfonamides is 1. The van der Waals surface area contributed by atoms with Crippen molar-refractivity contribution < 1.29 is 22.7 Å². The number of rotatable bonds is 3. The fourth-order valence-electron chi connectivity index (χ4n) is 2.42. The summed E-state index contributed by atoms with van der Waals surface area (Å²) in [4.78, 5) is 13.1. The number of ether oxygens (including phenoxy) is 2. The summed E-state index contributed by atoms with van der Waals surface area (Å²) in [6, 6.07) is 4.09. The van der Waals surface area contributed by atoms with E-state index in [4.69, 9.17) is 9.47 Å². The van der Waals surface area contributed by atoms with Crippen molar-refractivity contribution in [3.63, 3.8) is 0 Å². The lowest BCUT2D eigenvalue weighted by Crippen LogP contribution is -2.36. The van der Waals surface area contributed by atoms with Crippen LogP contribution < -0.4 is 14.2 Å². The molecule has 0 saturated carbocycles. The molecule has 1 N–H and O–H groups in total. The quantitative estimate of drug-likeness (QED) is 0.847. The van der Waals surface area contributed by atoms with Crippen LogP contribution in [0.2, 0.25) is 0 Å². The lowest BCUT2D eigenvalue weighted by molar-refractivity contribution is -0.126. The first kappa shape index (κ1) is 14.2. The maximum absolute atomic E-state index is 12.3. The van der Waals surface area contributed by atoms with Crippen molar-refractivity contribution in [2.45, 2.75) is 17.4 Å². The van der Waals surface area contributed by atoms with Crippen molar-refractivity contribution in [1.29, 1.82) is 0 Å². The number of hydrogen-bond donors (Lipinski definition) is 1. The largest absolute Gasteiger partial charge is 0.486 e. The van der Waals surface area contributed by atoms with Crippen LogP contribution in [0.4, 0.5) is 0 Å². The molecule has 0 aliphatic carbocycles. The molecular formula is C13H16N2O5S. The summed E-state index contributed by atoms with van der Waals surface area (Å²) in [5.41, 5.74) is 0. The van der Waals surface area contributed by atoms with E-state index in [1.54, 1.807) is 13.1 Å². The van der Waals surface area contributed by atoms with Crippen LogP contribution in [0, 0.1) is 0 Å². The van der Waals surface area contributed by atoms with Crippen LogP contribution in [0.1, 0.15) is 6.42 Å². The molecule has 8 heteroatoms. The molecule has 114 valence electrons. The summed E-state index contributed by atoms with van der Waals surface area (Å²) >= 11 is 0. The third kappa shape index (κ3) is 2.81. The van der Waals surface area contributed by atoms with E-state index in [0.29, 0.717) is 31.3 Å². The molecule has 2 heterocycles. The summed E-state index contributed by atoms with van der Waals surface area (Å²) in [7, 11) is -2.03. The first-order valence-electron chi connectivity index (χ1n) is 6.62. The molecule has 7 nitrogen and oxygen atoms in total. The number of likely N-dealkylation sites (N-methyl/N-ethyl adjacent to an activating group) is 1. The van der Waals surface area contributed by atoms with Gasteiger partial charge in [-0.3, -0.25) is 4.79 Å². The number of amides is 1. The Morgan fingerprint density at radius 1 is 1.24 bits per heavy atom. The van der Waals surface area contributed by atoms with E-state index < -0.39 is 16.1 Å². The maximum atomic E-state index is 12.3. The van der Waals surface area contributed by atoms with Gasteiger partial charge in [0.25, 0.3) is 0 Å². The molecule has 2 aliphatic heterocycles. The number of fused-ring (bicyclic) bond motifs is 1. The third-order valence-electron chi connectivity index (χ3n) is 3.49. The molecule has 1 aromatic rings. The molecule has 1 fully saturated rings. The van der Waals surface area contributed by atoms with E-state index >= 15 is 0 Å². The van der Waals surface area contributed by atoms with Gasteiger partial charge in [-0.2, -0.15) is 0 Å². The summed E-state index contributed by atoms with van der Waals surface area (Å²) in [5.74, 6) is 0.893. The highest BCUT2D eigenvalue weighted by Gasteiger charge is 2.31. The lowest BCUT2D eigenvalue weighted by atomic mass is 10.3. The standard InChI is InChI=1S/C13H16N2O5S/c1-15-8-9(6-13(15)16)14-21(17,18)10-2-3-11-12(7-10)20-5-4-19-11/h2-3,7,9,14H,4-6,8H2,1H3. The molecule has 1 atom stereocenters. The number of nitrogens with zero attached hydrogens (tertiary/aromatic N) is 1. The fraction of sp³-hybridized carbons (Fsp3) is 0.462. The fourth-order valence-corrected chi connectivity index (χ4v) is 3.66. The van der Waals surface area contributed by atoms with Crippen molar-refractivity contribution in [3.05, 3.63) is 18.2 Å². The maximum Gasteiger partial charge on any atom is 0.241 e. The van der Waals surface area contributed by atoms with Crippen LogP contribution in [0.3, 0.4) is 0 Å². The smallest absolute Gasteiger partial charge is 0.241 e. The predicted molar refractivity (Wildman–Crippen MR) is 73.8 cm³/mol. The normalized spacial score (nSPS) is 21.7. The zero-order chi connectivity index (χ0) is 15.0. The van der Waals surface area contributed by atoms with E-state index in [2.05, 4.69) is 4.72 Å². The molecule has 0 bridgehead atoms. The topological polar surface area (TPSA) is 84.9 Å². The average molecular weight is 312 g/mol. The highest BCUT2D eigenvalue weighted by molar-refractivity contribution is 7.89. The molecule has 1 aromatic carbocycles. The zero-order valence-corrected chi connectivity index (χ0v) is 12.4. The molecule has 1 amide bonds. The van der Waals surface area contributed by atoms with Crippen LogP contribution in [0.5, 0.6) is 11.5 Å². The second-order valence-electron chi connectivity index (χ2n) is 5.10. The van der Waals surface area contributed by atoms with E-state index in [-0.39, 0.29) is 17.2 Å². The zero-order valence-electron chi connectivity index (χ0n) is 11.5. The van der Waals surface area contributed by atoms with Gasteiger partial charge in [0.1, 0.15) is 13.2 Å². The minimum absolute atomic E-state index is 0.0649. The third-order valence-corrected chi connectivity index (χ3v) is 5.00. The molecule has 1 unspecified atom stereocenters. The van der Waals surface area contributed by atoms with Gasteiger partial charge in [-0.25, -0.2) is 13.1 Å². The molecule has 1 saturated heterocycles. The van der Waals surface area contributed by atoms with Gasteiger partial charge in [0.2, 0.25) is 15.9 Å². The minimum atomic E-state index is -3.69. The van der Waals surface area contributed by atoms with E-state index in [0.717, 1.165) is 0 Å². The first-order valence-corrected chi connectivity index (χ1v) is 8.10. The number of carbonyl (C=O) groups is 1. The Labute approximate surface area is 122 Å². The van der Waals surface area contributed by atoms with Gasteiger partial charge in [0, 0.05) is 32.1 Å². The molecule has 3 rings (SSSR count). The summed E-state index contributed by atoms with van der Waals surface area (Å²) in [6.45, 7) is 1.22. The molecule has 0 spiro atoms. The molecular weight excluding hydrogens is 296 g/mol. The SMILES string of the molecule is CN1CC(NS(=O)(=O)c2ccc3c(c2)OCCO3)CC1=O. The average Bonchev–Trinajstić information content (AvgIpc) is 2.76. The number of likely N-dealkylation sites (tertiary alicyclic amines) is 1. The van der Waals surface area contributed by atoms with Gasteiger partial charge in [-0.1, -0.05) is 0 Å². The molecule has 0 aromatic heterocycles. The summed E-state index contributed by atoms with van der Waals surface area (Å²) in [5, 5.41) is 0. The van der Waals surface area contributed by atoms with E-state index in [1.807, 2.05) is 0 Å². The van der Waals surface area contributed by atoms with Gasteiger partial charge in [-0.15, -0.1) is 0 Å². The van der Waals surface area contributed by atoms with Crippen molar-refractivity contribution in [1.82, 2.24) is 9.62 Å². The highest BCUT2D eigenvalue weighted by Crippen LogP contribution is 2.32. The predicted octanol–water partition coefficient (Wildman–Crippen LogP) is -0.0332. The van der Waals surface area contributed by atoms with Crippen molar-refractivity contribution in [2.75, 3.05) is 26.8 Å². The molecule has 21 heavy (non-hydrogen) atoms. The monoisotopic (exact) mass is 312 g/mol. The van der Waals surface area contributed by atoms with Gasteiger partial charge in [0.15, 0.2) is 11.5 Å². The number of benzene rings is 1. The molecule has 2 aliphatic rings. The second-order valence-corrected chi connectivity index (χ2v) is 6.82. The van der Waals surface area contributed by atoms with Gasteiger partial charge < -0.3 is 14.4 Å². The highest BCUT2D eigenvalue weighted by atomic mass is 32.2. The van der Waals surface area contributed by atoms with Crippen LogP contribution in [-0.4, -0.2) is 52.1 Å². The van der Waals surface area contributed by atoms with Crippen molar-refractivity contribution in [2.24, 2.45) is 0 Å². The van der Waals surface area contributed by atoms with Crippen LogP contribution in [-0.2, 0) is 14.8 Å². The Morgan fingerprint density at radius 3 is 2.62 bits per heavy atom. The summed E-state index contributed by atoms with van der Waals surface area (Å²) < 4.78 is 38.0. The Hall–Kier alpha value is -1.80. The Balaban J connectivity index is 1.80. The lowest BCUT2D eigenvalue weighted by Gasteiger charge is -2.19. The first-order chi connectivity index (χ1) is 9.95. The van der Waals surface area contributed by atoms with E-state index in [9.17, 15) is 13.2 Å². The minimum Gasteiger partial charge on any atom is -0.486 e. The summed E-state index contributed by atoms with van der Waals surface area (Å²) in [6.07, 6.45) is 0.181. The van der Waals surface area contributed by atoms with Crippen LogP contribution in [0.15, 0.2) is 23.1 Å². The van der Waals surface area contributed by atoms with Gasteiger partial charge in [0.05, 0.1) is 4.90 Å². The Morgan fingerprint density at radius 2 is 1.95 bits per heavy atom. The Bertz CT molecular complexity index is 673. The van der Waals surface area contributed by atoms with Crippen molar-refractivity contribution >= 4 is 15.9 Å². The van der Waals surface area contributed by atoms with Crippen LogP contribution in [0.25, 0.3) is 0 Å². The van der Waals surface area contributed by atoms with Gasteiger partial charge >= 0.3 is 0 Å². The van der Waals surface area contributed by atoms with Crippen LogP contribution >= 0.6 is 0 Å². The van der Waals surface area contributed by atoms with Crippen molar-refractivity contribution in [3.8, 4) is 11.5 Å². The number of nitrogens with one attached hydrogen (secondary N) is 1. The number of carbonyl (C=O) groups excluding carboxylic acids is 1. The van der Waals surface area contributed by atoms with Gasteiger partial charge in [-0.05, 0) is 12.1 Å². The Kier molecular flexibility index (Phi) is 3.50. The number of hydrogen-bond acceptors (Lipinski definition) is 5. The van der Waals surface area contributed by atoms with E-state index in [1.165, 1.54) is 17.0 Å². The molecule has 0 radical (unpaired) electrons. The second kappa shape index (κ2) is 5.19.